The summed E-state index contributed by atoms with van der Waals surface area (Å²) in [5.74, 6) is 0.0243. The molecule has 4 rings (SSSR count). The second-order valence-corrected chi connectivity index (χ2v) is 6.97. The molecule has 138 valence electrons. The van der Waals surface area contributed by atoms with Crippen LogP contribution in [-0.2, 0) is 4.74 Å². The number of nitrogens with zero attached hydrogens (tertiary/aromatic N) is 4. The Balaban J connectivity index is 1.38. The number of carbonyl (C=O) groups is 1. The Bertz CT molecular complexity index is 719. The van der Waals surface area contributed by atoms with Crippen LogP contribution in [0.25, 0.3) is 0 Å². The number of anilines is 1. The molecular formula is C19H25N5O2. The number of nitrogens with one attached hydrogen (secondary N) is 1. The van der Waals surface area contributed by atoms with Crippen LogP contribution in [0, 0.1) is 0 Å². The highest BCUT2D eigenvalue weighted by molar-refractivity contribution is 6.00. The maximum absolute atomic E-state index is 12.9. The molecule has 2 aromatic rings. The van der Waals surface area contributed by atoms with E-state index in [1.807, 2.05) is 28.9 Å². The van der Waals surface area contributed by atoms with E-state index in [2.05, 4.69) is 20.3 Å². The predicted octanol–water partition coefficient (Wildman–Crippen LogP) is 2.03. The summed E-state index contributed by atoms with van der Waals surface area (Å²) in [6, 6.07) is 8.49. The summed E-state index contributed by atoms with van der Waals surface area (Å²) in [5, 5.41) is 7.48. The van der Waals surface area contributed by atoms with E-state index in [0.29, 0.717) is 19.3 Å². The predicted molar refractivity (Wildman–Crippen MR) is 98.3 cm³/mol. The van der Waals surface area contributed by atoms with Crippen molar-refractivity contribution in [2.75, 3.05) is 31.2 Å². The number of hydrogen-bond acceptors (Lipinski definition) is 5. The first-order chi connectivity index (χ1) is 12.8. The largest absolute Gasteiger partial charge is 0.378 e. The van der Waals surface area contributed by atoms with Gasteiger partial charge in [0.1, 0.15) is 12.7 Å². The second kappa shape index (κ2) is 7.86. The van der Waals surface area contributed by atoms with Gasteiger partial charge in [0, 0.05) is 24.8 Å². The van der Waals surface area contributed by atoms with Gasteiger partial charge in [-0.2, -0.15) is 5.10 Å². The van der Waals surface area contributed by atoms with E-state index in [1.165, 1.54) is 0 Å². The number of ether oxygens (including phenoxy) is 1. The van der Waals surface area contributed by atoms with Gasteiger partial charge in [0.15, 0.2) is 0 Å². The molecule has 0 unspecified atom stereocenters. The molecule has 1 saturated heterocycles. The monoisotopic (exact) mass is 355 g/mol. The summed E-state index contributed by atoms with van der Waals surface area (Å²) in [5.41, 5.74) is 1.76. The van der Waals surface area contributed by atoms with Gasteiger partial charge in [-0.3, -0.25) is 4.79 Å². The van der Waals surface area contributed by atoms with Gasteiger partial charge in [-0.25, -0.2) is 9.67 Å². The average molecular weight is 355 g/mol. The van der Waals surface area contributed by atoms with E-state index >= 15 is 0 Å². The molecule has 1 amide bonds. The molecule has 1 aliphatic heterocycles. The van der Waals surface area contributed by atoms with Crippen molar-refractivity contribution < 1.29 is 9.53 Å². The van der Waals surface area contributed by atoms with Crippen LogP contribution in [0.1, 0.15) is 42.1 Å². The van der Waals surface area contributed by atoms with Gasteiger partial charge in [-0.05, 0) is 37.8 Å². The Morgan fingerprint density at radius 3 is 2.62 bits per heavy atom. The third-order valence-corrected chi connectivity index (χ3v) is 5.34. The molecule has 2 aliphatic rings. The molecule has 0 radical (unpaired) electrons. The van der Waals surface area contributed by atoms with Crippen LogP contribution in [0.2, 0.25) is 0 Å². The van der Waals surface area contributed by atoms with Crippen molar-refractivity contribution in [1.82, 2.24) is 20.1 Å². The number of morpholine rings is 1. The number of aromatic nitrogens is 3. The third-order valence-electron chi connectivity index (χ3n) is 5.34. The van der Waals surface area contributed by atoms with E-state index < -0.39 is 0 Å². The number of para-hydroxylation sites is 1. The number of hydrogen-bond donors (Lipinski definition) is 1. The molecule has 0 bridgehead atoms. The highest BCUT2D eigenvalue weighted by Gasteiger charge is 2.25. The van der Waals surface area contributed by atoms with Crippen LogP contribution in [0.5, 0.6) is 0 Å². The first-order valence-electron chi connectivity index (χ1n) is 9.38. The van der Waals surface area contributed by atoms with E-state index in [1.54, 1.807) is 12.7 Å². The summed E-state index contributed by atoms with van der Waals surface area (Å²) < 4.78 is 7.37. The standard InChI is InChI=1S/C19H25N5O2/c25-19(17-3-1-2-4-18(17)23-9-11-26-12-10-23)22-15-5-7-16(8-6-15)24-14-20-13-21-24/h1-4,13-16H,5-12H2,(H,22,25). The summed E-state index contributed by atoms with van der Waals surface area (Å²) in [7, 11) is 0. The number of amides is 1. The smallest absolute Gasteiger partial charge is 0.253 e. The zero-order valence-corrected chi connectivity index (χ0v) is 14.9. The minimum Gasteiger partial charge on any atom is -0.378 e. The van der Waals surface area contributed by atoms with Crippen molar-refractivity contribution >= 4 is 11.6 Å². The molecule has 2 fully saturated rings. The summed E-state index contributed by atoms with van der Waals surface area (Å²) >= 11 is 0. The van der Waals surface area contributed by atoms with Gasteiger partial charge in [0.05, 0.1) is 24.8 Å². The van der Waals surface area contributed by atoms with Crippen LogP contribution in [0.15, 0.2) is 36.9 Å². The Kier molecular flexibility index (Phi) is 5.15. The highest BCUT2D eigenvalue weighted by atomic mass is 16.5. The van der Waals surface area contributed by atoms with Crippen LogP contribution in [0.3, 0.4) is 0 Å². The lowest BCUT2D eigenvalue weighted by atomic mass is 9.91. The number of benzene rings is 1. The summed E-state index contributed by atoms with van der Waals surface area (Å²) in [6.07, 6.45) is 7.32. The van der Waals surface area contributed by atoms with Crippen LogP contribution < -0.4 is 10.2 Å². The molecule has 1 N–H and O–H groups in total. The summed E-state index contributed by atoms with van der Waals surface area (Å²) in [4.78, 5) is 19.2. The summed E-state index contributed by atoms with van der Waals surface area (Å²) in [6.45, 7) is 3.07. The zero-order valence-electron chi connectivity index (χ0n) is 14.9. The van der Waals surface area contributed by atoms with Crippen molar-refractivity contribution in [3.05, 3.63) is 42.5 Å². The third kappa shape index (κ3) is 3.72. The van der Waals surface area contributed by atoms with Crippen molar-refractivity contribution in [3.63, 3.8) is 0 Å². The van der Waals surface area contributed by atoms with Gasteiger partial charge in [-0.15, -0.1) is 0 Å². The topological polar surface area (TPSA) is 72.3 Å². The lowest BCUT2D eigenvalue weighted by Gasteiger charge is -2.31. The van der Waals surface area contributed by atoms with Crippen LogP contribution in [-0.4, -0.2) is 53.0 Å². The molecule has 0 spiro atoms. The minimum absolute atomic E-state index is 0.0243. The van der Waals surface area contributed by atoms with Gasteiger partial charge in [-0.1, -0.05) is 12.1 Å². The SMILES string of the molecule is O=C(NC1CCC(n2cncn2)CC1)c1ccccc1N1CCOCC1. The normalized spacial score (nSPS) is 23.6. The Morgan fingerprint density at radius 2 is 1.88 bits per heavy atom. The van der Waals surface area contributed by atoms with Crippen molar-refractivity contribution in [3.8, 4) is 0 Å². The van der Waals surface area contributed by atoms with Gasteiger partial charge in [0.25, 0.3) is 5.91 Å². The van der Waals surface area contributed by atoms with E-state index in [-0.39, 0.29) is 11.9 Å². The molecule has 1 saturated carbocycles. The molecule has 1 aliphatic carbocycles. The molecule has 1 aromatic heterocycles. The molecule has 7 nitrogen and oxygen atoms in total. The quantitative estimate of drug-likeness (QED) is 0.908. The second-order valence-electron chi connectivity index (χ2n) is 6.97. The Labute approximate surface area is 153 Å². The fourth-order valence-corrected chi connectivity index (χ4v) is 3.90. The average Bonchev–Trinajstić information content (AvgIpc) is 3.24. The molecule has 0 atom stereocenters. The lowest BCUT2D eigenvalue weighted by molar-refractivity contribution is 0.0920. The van der Waals surface area contributed by atoms with Crippen molar-refractivity contribution in [2.45, 2.75) is 37.8 Å². The maximum Gasteiger partial charge on any atom is 0.253 e. The maximum atomic E-state index is 12.9. The van der Waals surface area contributed by atoms with Gasteiger partial charge < -0.3 is 15.0 Å². The van der Waals surface area contributed by atoms with Crippen molar-refractivity contribution in [1.29, 1.82) is 0 Å². The van der Waals surface area contributed by atoms with Crippen LogP contribution >= 0.6 is 0 Å². The van der Waals surface area contributed by atoms with Gasteiger partial charge >= 0.3 is 0 Å². The minimum atomic E-state index is 0.0243. The van der Waals surface area contributed by atoms with Gasteiger partial charge in [0.2, 0.25) is 0 Å². The Hall–Kier alpha value is -2.41. The van der Waals surface area contributed by atoms with Crippen LogP contribution in [0.4, 0.5) is 5.69 Å². The first kappa shape index (κ1) is 17.0. The fourth-order valence-electron chi connectivity index (χ4n) is 3.90. The number of carbonyl (C=O) groups excluding carboxylic acids is 1. The number of rotatable bonds is 4. The molecule has 7 heteroatoms. The molecular weight excluding hydrogens is 330 g/mol. The fraction of sp³-hybridized carbons (Fsp3) is 0.526. The van der Waals surface area contributed by atoms with E-state index in [0.717, 1.165) is 50.0 Å². The van der Waals surface area contributed by atoms with Crippen molar-refractivity contribution in [2.24, 2.45) is 0 Å². The van der Waals surface area contributed by atoms with E-state index in [9.17, 15) is 4.79 Å². The lowest BCUT2D eigenvalue weighted by Crippen LogP contribution is -2.40. The highest BCUT2D eigenvalue weighted by Crippen LogP contribution is 2.28. The van der Waals surface area contributed by atoms with E-state index in [4.69, 9.17) is 4.74 Å². The first-order valence-corrected chi connectivity index (χ1v) is 9.38. The molecule has 1 aromatic carbocycles. The Morgan fingerprint density at radius 1 is 1.12 bits per heavy atom. The molecule has 2 heterocycles. The molecule has 26 heavy (non-hydrogen) atoms. The zero-order chi connectivity index (χ0) is 17.8.